The third kappa shape index (κ3) is 4.83. The number of carbonyl (C=O) groups is 1. The van der Waals surface area contributed by atoms with Crippen molar-refractivity contribution in [2.24, 2.45) is 0 Å². The first-order valence-electron chi connectivity index (χ1n) is 13.1. The SMILES string of the molecule is O=C(CCN1C(=S)N[C@H](c2ccccn2)[C@@H]1c1ccn(C2CCCC2)c1)Nc1cccc2ccccc12. The first-order chi connectivity index (χ1) is 18.2. The Morgan fingerprint density at radius 1 is 1.03 bits per heavy atom. The van der Waals surface area contributed by atoms with Gasteiger partial charge in [-0.15, -0.1) is 0 Å². The molecule has 37 heavy (non-hydrogen) atoms. The minimum Gasteiger partial charge on any atom is -0.352 e. The van der Waals surface area contributed by atoms with Crippen LogP contribution in [0.15, 0.2) is 85.3 Å². The van der Waals surface area contributed by atoms with E-state index in [1.807, 2.05) is 54.7 Å². The van der Waals surface area contributed by atoms with E-state index in [9.17, 15) is 4.79 Å². The van der Waals surface area contributed by atoms with Crippen molar-refractivity contribution in [1.29, 1.82) is 0 Å². The molecule has 1 amide bonds. The monoisotopic (exact) mass is 509 g/mol. The molecule has 0 spiro atoms. The van der Waals surface area contributed by atoms with E-state index in [2.05, 4.69) is 55.7 Å². The number of benzene rings is 2. The highest BCUT2D eigenvalue weighted by molar-refractivity contribution is 7.80. The molecule has 2 atom stereocenters. The number of amides is 1. The van der Waals surface area contributed by atoms with E-state index >= 15 is 0 Å². The zero-order chi connectivity index (χ0) is 25.2. The maximum atomic E-state index is 13.1. The minimum absolute atomic E-state index is 0.0253. The molecular weight excluding hydrogens is 478 g/mol. The maximum Gasteiger partial charge on any atom is 0.226 e. The van der Waals surface area contributed by atoms with Crippen molar-refractivity contribution in [3.05, 3.63) is 96.6 Å². The van der Waals surface area contributed by atoms with Crippen LogP contribution in [0.4, 0.5) is 5.69 Å². The highest BCUT2D eigenvalue weighted by Crippen LogP contribution is 2.40. The lowest BCUT2D eigenvalue weighted by Crippen LogP contribution is -2.32. The summed E-state index contributed by atoms with van der Waals surface area (Å²) in [6.45, 7) is 0.519. The second-order valence-electron chi connectivity index (χ2n) is 9.98. The summed E-state index contributed by atoms with van der Waals surface area (Å²) in [5.41, 5.74) is 2.98. The third-order valence-corrected chi connectivity index (χ3v) is 8.02. The summed E-state index contributed by atoms with van der Waals surface area (Å²) in [5, 5.41) is 9.42. The van der Waals surface area contributed by atoms with Crippen LogP contribution in [-0.4, -0.2) is 32.0 Å². The molecule has 2 aliphatic rings. The molecule has 0 bridgehead atoms. The highest BCUT2D eigenvalue weighted by Gasteiger charge is 2.40. The van der Waals surface area contributed by atoms with Gasteiger partial charge in [0.05, 0.1) is 17.8 Å². The van der Waals surface area contributed by atoms with Gasteiger partial charge >= 0.3 is 0 Å². The molecule has 6 rings (SSSR count). The molecule has 6 nitrogen and oxygen atoms in total. The van der Waals surface area contributed by atoms with Crippen molar-refractivity contribution in [2.45, 2.75) is 50.2 Å². The van der Waals surface area contributed by atoms with Crippen LogP contribution in [0.3, 0.4) is 0 Å². The molecule has 0 radical (unpaired) electrons. The quantitative estimate of drug-likeness (QED) is 0.293. The number of hydrogen-bond donors (Lipinski definition) is 2. The molecule has 3 heterocycles. The normalized spacial score (nSPS) is 19.9. The fourth-order valence-corrected chi connectivity index (χ4v) is 6.15. The zero-order valence-corrected chi connectivity index (χ0v) is 21.5. The average molecular weight is 510 g/mol. The molecule has 1 saturated carbocycles. The summed E-state index contributed by atoms with van der Waals surface area (Å²) in [6.07, 6.45) is 11.7. The highest BCUT2D eigenvalue weighted by atomic mass is 32.1. The molecule has 2 aromatic carbocycles. The molecule has 1 aliphatic heterocycles. The number of carbonyl (C=O) groups excluding carboxylic acids is 1. The summed E-state index contributed by atoms with van der Waals surface area (Å²) in [7, 11) is 0. The van der Waals surface area contributed by atoms with Gasteiger partial charge in [-0.3, -0.25) is 9.78 Å². The molecule has 188 valence electrons. The second kappa shape index (κ2) is 10.3. The van der Waals surface area contributed by atoms with Crippen LogP contribution < -0.4 is 10.6 Å². The summed E-state index contributed by atoms with van der Waals surface area (Å²) < 4.78 is 2.37. The van der Waals surface area contributed by atoms with Crippen molar-refractivity contribution >= 4 is 39.7 Å². The molecule has 2 aromatic heterocycles. The van der Waals surface area contributed by atoms with Crippen LogP contribution in [-0.2, 0) is 4.79 Å². The van der Waals surface area contributed by atoms with Gasteiger partial charge in [0.2, 0.25) is 5.91 Å². The maximum absolute atomic E-state index is 13.1. The fourth-order valence-electron chi connectivity index (χ4n) is 5.81. The Labute approximate surface area is 222 Å². The van der Waals surface area contributed by atoms with Crippen LogP contribution in [0.2, 0.25) is 0 Å². The van der Waals surface area contributed by atoms with Gasteiger partial charge in [-0.25, -0.2) is 0 Å². The smallest absolute Gasteiger partial charge is 0.226 e. The van der Waals surface area contributed by atoms with E-state index in [0.717, 1.165) is 22.2 Å². The number of pyridine rings is 1. The topological polar surface area (TPSA) is 62.2 Å². The summed E-state index contributed by atoms with van der Waals surface area (Å²) >= 11 is 5.80. The lowest BCUT2D eigenvalue weighted by Gasteiger charge is -2.27. The summed E-state index contributed by atoms with van der Waals surface area (Å²) in [5.74, 6) is -0.0253. The predicted octanol–water partition coefficient (Wildman–Crippen LogP) is 6.15. The number of nitrogens with one attached hydrogen (secondary N) is 2. The van der Waals surface area contributed by atoms with Crippen molar-refractivity contribution in [3.63, 3.8) is 0 Å². The van der Waals surface area contributed by atoms with Crippen LogP contribution in [0.25, 0.3) is 10.8 Å². The molecule has 4 aromatic rings. The van der Waals surface area contributed by atoms with E-state index in [4.69, 9.17) is 12.2 Å². The second-order valence-corrected chi connectivity index (χ2v) is 10.4. The first kappa shape index (κ1) is 23.7. The van der Waals surface area contributed by atoms with Gasteiger partial charge in [0.15, 0.2) is 5.11 Å². The number of thiocarbonyl (C=S) groups is 1. The van der Waals surface area contributed by atoms with E-state index < -0.39 is 0 Å². The number of anilines is 1. The third-order valence-electron chi connectivity index (χ3n) is 7.67. The van der Waals surface area contributed by atoms with Gasteiger partial charge < -0.3 is 20.1 Å². The van der Waals surface area contributed by atoms with Crippen molar-refractivity contribution in [1.82, 2.24) is 19.8 Å². The van der Waals surface area contributed by atoms with Gasteiger partial charge in [0.1, 0.15) is 0 Å². The van der Waals surface area contributed by atoms with Gasteiger partial charge in [-0.1, -0.05) is 55.3 Å². The number of fused-ring (bicyclic) bond motifs is 1. The van der Waals surface area contributed by atoms with Crippen LogP contribution >= 0.6 is 12.2 Å². The number of aromatic nitrogens is 2. The van der Waals surface area contributed by atoms with Gasteiger partial charge in [0, 0.05) is 48.7 Å². The standard InChI is InChI=1S/C30H31N5OS/c36-27(32-25-14-7-9-21-8-1-4-12-24(21)25)16-19-35-29(22-15-18-34(20-22)23-10-2-3-11-23)28(33-30(35)37)26-13-5-6-17-31-26/h1,4-9,12-15,17-18,20,23,28-29H,2-3,10-11,16,19H2,(H,32,36)(H,33,37)/t28-,29+/m1/s1. The van der Waals surface area contributed by atoms with Crippen LogP contribution in [0, 0.1) is 0 Å². The Balaban J connectivity index is 1.23. The van der Waals surface area contributed by atoms with Gasteiger partial charge in [-0.05, 0) is 60.3 Å². The Kier molecular flexibility index (Phi) is 6.62. The Hall–Kier alpha value is -3.71. The van der Waals surface area contributed by atoms with Crippen molar-refractivity contribution in [2.75, 3.05) is 11.9 Å². The fraction of sp³-hybridized carbons (Fsp3) is 0.300. The van der Waals surface area contributed by atoms with Gasteiger partial charge in [0.25, 0.3) is 0 Å². The lowest BCUT2D eigenvalue weighted by molar-refractivity contribution is -0.116. The van der Waals surface area contributed by atoms with Crippen molar-refractivity contribution in [3.8, 4) is 0 Å². The molecule has 7 heteroatoms. The predicted molar refractivity (Wildman–Crippen MR) is 151 cm³/mol. The van der Waals surface area contributed by atoms with E-state index in [1.165, 1.54) is 31.2 Å². The van der Waals surface area contributed by atoms with E-state index in [0.29, 0.717) is 24.1 Å². The number of nitrogens with zero attached hydrogens (tertiary/aromatic N) is 3. The molecular formula is C30H31N5OS. The van der Waals surface area contributed by atoms with Crippen LogP contribution in [0.5, 0.6) is 0 Å². The first-order valence-corrected chi connectivity index (χ1v) is 13.5. The molecule has 2 fully saturated rings. The van der Waals surface area contributed by atoms with Crippen LogP contribution in [0.1, 0.15) is 61.5 Å². The molecule has 1 saturated heterocycles. The average Bonchev–Trinajstić information content (AvgIpc) is 3.68. The van der Waals surface area contributed by atoms with Crippen molar-refractivity contribution < 1.29 is 4.79 Å². The van der Waals surface area contributed by atoms with E-state index in [1.54, 1.807) is 0 Å². The Bertz CT molecular complexity index is 1410. The minimum atomic E-state index is -0.0748. The largest absolute Gasteiger partial charge is 0.352 e. The number of hydrogen-bond acceptors (Lipinski definition) is 3. The molecule has 0 unspecified atom stereocenters. The van der Waals surface area contributed by atoms with E-state index in [-0.39, 0.29) is 18.0 Å². The summed E-state index contributed by atoms with van der Waals surface area (Å²) in [6, 6.07) is 22.7. The lowest BCUT2D eigenvalue weighted by atomic mass is 9.99. The molecule has 1 aliphatic carbocycles. The summed E-state index contributed by atoms with van der Waals surface area (Å²) in [4.78, 5) is 19.9. The zero-order valence-electron chi connectivity index (χ0n) is 20.7. The Morgan fingerprint density at radius 2 is 1.84 bits per heavy atom. The Morgan fingerprint density at radius 3 is 2.68 bits per heavy atom. The molecule has 2 N–H and O–H groups in total. The van der Waals surface area contributed by atoms with Gasteiger partial charge in [-0.2, -0.15) is 0 Å². The number of rotatable bonds is 7.